The molecule has 0 fully saturated rings. The van der Waals surface area contributed by atoms with Crippen LogP contribution in [0.4, 0.5) is 11.4 Å². The number of anilines is 1. The summed E-state index contributed by atoms with van der Waals surface area (Å²) >= 11 is 1.57. The van der Waals surface area contributed by atoms with Gasteiger partial charge in [0.1, 0.15) is 0 Å². The summed E-state index contributed by atoms with van der Waals surface area (Å²) in [4.78, 5) is 17.2. The van der Waals surface area contributed by atoms with Crippen LogP contribution in [-0.4, -0.2) is 11.0 Å². The lowest BCUT2D eigenvalue weighted by atomic mass is 10.0. The van der Waals surface area contributed by atoms with E-state index < -0.39 is 0 Å². The van der Waals surface area contributed by atoms with Crippen LogP contribution in [0.2, 0.25) is 0 Å². The number of fused-ring (bicyclic) bond motifs is 1. The summed E-state index contributed by atoms with van der Waals surface area (Å²) in [6.07, 6.45) is 1.89. The molecule has 0 spiro atoms. The zero-order chi connectivity index (χ0) is 17.1. The van der Waals surface area contributed by atoms with Crippen LogP contribution in [0, 0.1) is 0 Å². The second kappa shape index (κ2) is 6.99. The fourth-order valence-electron chi connectivity index (χ4n) is 2.76. The number of amidine groups is 1. The molecule has 124 valence electrons. The highest BCUT2D eigenvalue weighted by atomic mass is 32.2. The summed E-state index contributed by atoms with van der Waals surface area (Å²) in [5.41, 5.74) is 2.95. The minimum atomic E-state index is -0.00230. The van der Waals surface area contributed by atoms with Gasteiger partial charge in [0.05, 0.1) is 12.0 Å². The van der Waals surface area contributed by atoms with Crippen molar-refractivity contribution in [2.45, 2.75) is 11.7 Å². The molecule has 4 rings (SSSR count). The highest BCUT2D eigenvalue weighted by Crippen LogP contribution is 2.43. The zero-order valence-corrected chi connectivity index (χ0v) is 14.2. The Hall–Kier alpha value is -2.79. The molecule has 0 radical (unpaired) electrons. The first-order valence-corrected chi connectivity index (χ1v) is 8.90. The molecule has 0 bridgehead atoms. The van der Waals surface area contributed by atoms with E-state index in [1.165, 1.54) is 6.26 Å². The number of hydrogen-bond acceptors (Lipinski definition) is 5. The predicted molar refractivity (Wildman–Crippen MR) is 102 cm³/mol. The van der Waals surface area contributed by atoms with Crippen LogP contribution in [0.1, 0.15) is 27.8 Å². The zero-order valence-electron chi connectivity index (χ0n) is 13.4. The third-order valence-electron chi connectivity index (χ3n) is 3.95. The maximum atomic E-state index is 12.5. The molecule has 0 aliphatic carbocycles. The van der Waals surface area contributed by atoms with Crippen LogP contribution in [0.25, 0.3) is 0 Å². The second-order valence-electron chi connectivity index (χ2n) is 5.68. The fraction of sp³-hybridized carbons (Fsp3) is 0.100. The molecule has 0 amide bonds. The average molecular weight is 348 g/mol. The van der Waals surface area contributed by atoms with Gasteiger partial charge in [0.25, 0.3) is 0 Å². The number of benzene rings is 2. The highest BCUT2D eigenvalue weighted by molar-refractivity contribution is 8.14. The lowest BCUT2D eigenvalue weighted by Crippen LogP contribution is -2.16. The van der Waals surface area contributed by atoms with Crippen LogP contribution in [-0.2, 0) is 0 Å². The smallest absolute Gasteiger partial charge is 0.199 e. The normalized spacial score (nSPS) is 16.0. The number of ketones is 1. The number of aliphatic imine (C=N–C) groups is 1. The number of Topliss-reactive ketones (excluding diaryl/α,β-unsaturated/α-hetero) is 1. The van der Waals surface area contributed by atoms with Crippen LogP contribution < -0.4 is 5.32 Å². The molecule has 4 nitrogen and oxygen atoms in total. The molecule has 5 heteroatoms. The number of thioether (sulfide) groups is 1. The monoisotopic (exact) mass is 348 g/mol. The fourth-order valence-corrected chi connectivity index (χ4v) is 3.91. The molecule has 25 heavy (non-hydrogen) atoms. The summed E-state index contributed by atoms with van der Waals surface area (Å²) in [6.45, 7) is 0. The number of furan rings is 1. The van der Waals surface area contributed by atoms with Gasteiger partial charge in [-0.2, -0.15) is 0 Å². The van der Waals surface area contributed by atoms with Gasteiger partial charge in [-0.25, -0.2) is 4.99 Å². The summed E-state index contributed by atoms with van der Waals surface area (Å²) in [5.74, 6) is 0.399. The van der Waals surface area contributed by atoms with Crippen molar-refractivity contribution in [2.75, 3.05) is 5.32 Å². The molecule has 1 atom stereocenters. The number of rotatable bonds is 4. The third kappa shape index (κ3) is 3.51. The first kappa shape index (κ1) is 15.7. The predicted octanol–water partition coefficient (Wildman–Crippen LogP) is 5.44. The van der Waals surface area contributed by atoms with E-state index in [1.807, 2.05) is 54.6 Å². The summed E-state index contributed by atoms with van der Waals surface area (Å²) < 4.78 is 5.24. The molecule has 2 aromatic carbocycles. The van der Waals surface area contributed by atoms with E-state index in [0.717, 1.165) is 22.1 Å². The van der Waals surface area contributed by atoms with E-state index in [4.69, 9.17) is 9.41 Å². The van der Waals surface area contributed by atoms with Gasteiger partial charge in [0.15, 0.2) is 16.7 Å². The van der Waals surface area contributed by atoms with Gasteiger partial charge in [-0.15, -0.1) is 0 Å². The maximum Gasteiger partial charge on any atom is 0.199 e. The van der Waals surface area contributed by atoms with Crippen LogP contribution in [0.15, 0.2) is 82.4 Å². The molecular formula is C20H16N2O2S. The van der Waals surface area contributed by atoms with Gasteiger partial charge >= 0.3 is 0 Å². The number of carbonyl (C=O) groups excluding carboxylic acids is 1. The molecule has 1 unspecified atom stereocenters. The first-order valence-electron chi connectivity index (χ1n) is 8.02. The molecule has 0 saturated heterocycles. The van der Waals surface area contributed by atoms with Crippen molar-refractivity contribution in [3.05, 3.63) is 84.3 Å². The van der Waals surface area contributed by atoms with Crippen molar-refractivity contribution < 1.29 is 9.21 Å². The van der Waals surface area contributed by atoms with Crippen molar-refractivity contribution in [3.8, 4) is 0 Å². The molecular weight excluding hydrogens is 332 g/mol. The minimum absolute atomic E-state index is 0.00161. The molecule has 2 heterocycles. The van der Waals surface area contributed by atoms with Gasteiger partial charge in [-0.05, 0) is 35.9 Å². The Morgan fingerprint density at radius 1 is 1.04 bits per heavy atom. The van der Waals surface area contributed by atoms with Gasteiger partial charge in [-0.3, -0.25) is 4.79 Å². The Morgan fingerprint density at radius 3 is 2.64 bits per heavy atom. The number of carbonyl (C=O) groups is 1. The van der Waals surface area contributed by atoms with Crippen molar-refractivity contribution in [2.24, 2.45) is 4.99 Å². The Balaban J connectivity index is 1.59. The standard InChI is InChI=1S/C20H16N2O2S/c23-17(18-11-6-12-24-18)13-19-15-9-4-5-10-16(15)22-20(25-19)21-14-7-2-1-3-8-14/h1-12,19H,13H2,(H,21,22). The highest BCUT2D eigenvalue weighted by Gasteiger charge is 2.27. The van der Waals surface area contributed by atoms with Gasteiger partial charge in [-0.1, -0.05) is 48.2 Å². The Bertz CT molecular complexity index is 904. The largest absolute Gasteiger partial charge is 0.461 e. The van der Waals surface area contributed by atoms with Gasteiger partial charge in [0.2, 0.25) is 0 Å². The molecule has 1 aliphatic heterocycles. The molecule has 0 saturated carbocycles. The second-order valence-corrected chi connectivity index (χ2v) is 6.87. The first-order chi connectivity index (χ1) is 12.3. The number of hydrogen-bond donors (Lipinski definition) is 1. The van der Waals surface area contributed by atoms with E-state index in [9.17, 15) is 4.79 Å². The Morgan fingerprint density at radius 2 is 1.84 bits per heavy atom. The summed E-state index contributed by atoms with van der Waals surface area (Å²) in [7, 11) is 0. The SMILES string of the molecule is O=C(CC1SC(Nc2ccccc2)=Nc2ccccc21)c1ccco1. The van der Waals surface area contributed by atoms with Crippen LogP contribution in [0.5, 0.6) is 0 Å². The Kier molecular flexibility index (Phi) is 4.39. The van der Waals surface area contributed by atoms with E-state index >= 15 is 0 Å². The van der Waals surface area contributed by atoms with Crippen molar-refractivity contribution in [1.29, 1.82) is 0 Å². The van der Waals surface area contributed by atoms with E-state index in [0.29, 0.717) is 12.2 Å². The van der Waals surface area contributed by atoms with E-state index in [1.54, 1.807) is 23.9 Å². The molecule has 1 N–H and O–H groups in total. The average Bonchev–Trinajstić information content (AvgIpc) is 3.17. The van der Waals surface area contributed by atoms with Crippen molar-refractivity contribution in [1.82, 2.24) is 0 Å². The quantitative estimate of drug-likeness (QED) is 0.638. The molecule has 1 aliphatic rings. The van der Waals surface area contributed by atoms with Crippen LogP contribution >= 0.6 is 11.8 Å². The van der Waals surface area contributed by atoms with E-state index in [-0.39, 0.29) is 11.0 Å². The lowest BCUT2D eigenvalue weighted by molar-refractivity contribution is 0.0955. The molecule has 3 aromatic rings. The lowest BCUT2D eigenvalue weighted by Gasteiger charge is -2.24. The summed E-state index contributed by atoms with van der Waals surface area (Å²) in [6, 6.07) is 21.3. The molecule has 1 aromatic heterocycles. The minimum Gasteiger partial charge on any atom is -0.461 e. The van der Waals surface area contributed by atoms with Gasteiger partial charge < -0.3 is 9.73 Å². The van der Waals surface area contributed by atoms with Crippen molar-refractivity contribution in [3.63, 3.8) is 0 Å². The third-order valence-corrected chi connectivity index (χ3v) is 5.07. The van der Waals surface area contributed by atoms with Crippen LogP contribution in [0.3, 0.4) is 0 Å². The number of nitrogens with one attached hydrogen (secondary N) is 1. The van der Waals surface area contributed by atoms with E-state index in [2.05, 4.69) is 5.32 Å². The topological polar surface area (TPSA) is 54.6 Å². The Labute approximate surface area is 150 Å². The number of para-hydroxylation sites is 2. The maximum absolute atomic E-state index is 12.5. The summed E-state index contributed by atoms with van der Waals surface area (Å²) in [5, 5.41) is 4.13. The van der Waals surface area contributed by atoms with Crippen molar-refractivity contribution >= 4 is 34.1 Å². The number of nitrogens with zero attached hydrogens (tertiary/aromatic N) is 1. The van der Waals surface area contributed by atoms with Gasteiger partial charge in [0, 0.05) is 17.4 Å².